The van der Waals surface area contributed by atoms with Gasteiger partial charge in [-0.05, 0) is 24.5 Å². The number of carbonyl (C=O) groups excluding carboxylic acids is 1. The summed E-state index contributed by atoms with van der Waals surface area (Å²) in [6.45, 7) is 1.94. The van der Waals surface area contributed by atoms with Gasteiger partial charge in [0.1, 0.15) is 0 Å². The van der Waals surface area contributed by atoms with Crippen LogP contribution >= 0.6 is 0 Å². The van der Waals surface area contributed by atoms with Crippen molar-refractivity contribution in [3.63, 3.8) is 0 Å². The molecule has 0 bridgehead atoms. The van der Waals surface area contributed by atoms with Gasteiger partial charge in [-0.2, -0.15) is 0 Å². The lowest BCUT2D eigenvalue weighted by Crippen LogP contribution is -2.21. The van der Waals surface area contributed by atoms with E-state index in [1.165, 1.54) is 12.1 Å². The van der Waals surface area contributed by atoms with Crippen molar-refractivity contribution in [3.05, 3.63) is 34.4 Å². The van der Waals surface area contributed by atoms with Crippen molar-refractivity contribution in [1.82, 2.24) is 0 Å². The second kappa shape index (κ2) is 5.99. The molecule has 0 saturated carbocycles. The third kappa shape index (κ3) is 3.09. The minimum atomic E-state index is -1.47. The van der Waals surface area contributed by atoms with Crippen LogP contribution in [0.5, 0.6) is 0 Å². The van der Waals surface area contributed by atoms with E-state index < -0.39 is 23.4 Å². The first kappa shape index (κ1) is 14.7. The fourth-order valence-corrected chi connectivity index (χ4v) is 1.89. The van der Waals surface area contributed by atoms with Gasteiger partial charge >= 0.3 is 11.9 Å². The van der Waals surface area contributed by atoms with Gasteiger partial charge in [0.05, 0.1) is 16.7 Å². The monoisotopic (exact) mass is 265 g/mol. The molecular weight excluding hydrogens is 250 g/mol. The molecule has 0 aliphatic rings. The number of unbranched alkanes of at least 4 members (excludes halogenated alkanes) is 1. The third-order valence-corrected chi connectivity index (χ3v) is 2.78. The lowest BCUT2D eigenvalue weighted by molar-refractivity contribution is 0.0648. The average molecular weight is 265 g/mol. The average Bonchev–Trinajstić information content (AvgIpc) is 2.34. The summed E-state index contributed by atoms with van der Waals surface area (Å²) < 4.78 is 0. The number of carboxylic acid groups (broad SMARTS) is 2. The van der Waals surface area contributed by atoms with Crippen molar-refractivity contribution in [2.45, 2.75) is 26.2 Å². The minimum Gasteiger partial charge on any atom is -0.478 e. The molecule has 1 amide bonds. The molecule has 0 heterocycles. The zero-order valence-corrected chi connectivity index (χ0v) is 10.5. The maximum atomic E-state index is 11.3. The van der Waals surface area contributed by atoms with Gasteiger partial charge in [-0.25, -0.2) is 9.59 Å². The summed E-state index contributed by atoms with van der Waals surface area (Å²) in [5.74, 6) is -3.79. The van der Waals surface area contributed by atoms with E-state index in [1.54, 1.807) is 0 Å². The van der Waals surface area contributed by atoms with Crippen LogP contribution in [0.15, 0.2) is 12.1 Å². The Morgan fingerprint density at radius 1 is 1.11 bits per heavy atom. The molecule has 1 aromatic carbocycles. The summed E-state index contributed by atoms with van der Waals surface area (Å²) in [5, 5.41) is 18.3. The number of aromatic carboxylic acids is 2. The fraction of sp³-hybridized carbons (Fsp3) is 0.308. The van der Waals surface area contributed by atoms with Crippen molar-refractivity contribution >= 4 is 17.8 Å². The molecule has 19 heavy (non-hydrogen) atoms. The highest BCUT2D eigenvalue weighted by Crippen LogP contribution is 2.21. The molecule has 0 aliphatic heterocycles. The van der Waals surface area contributed by atoms with Crippen molar-refractivity contribution < 1.29 is 24.6 Å². The Kier molecular flexibility index (Phi) is 4.63. The molecular formula is C13H15NO5. The number of rotatable bonds is 6. The van der Waals surface area contributed by atoms with Crippen LogP contribution < -0.4 is 5.73 Å². The number of nitrogens with two attached hydrogens (primary N) is 1. The highest BCUT2D eigenvalue weighted by Gasteiger charge is 2.25. The van der Waals surface area contributed by atoms with Gasteiger partial charge in [0.2, 0.25) is 5.91 Å². The van der Waals surface area contributed by atoms with Crippen LogP contribution in [0.2, 0.25) is 0 Å². The lowest BCUT2D eigenvalue weighted by Gasteiger charge is -2.11. The van der Waals surface area contributed by atoms with Gasteiger partial charge in [-0.3, -0.25) is 4.79 Å². The van der Waals surface area contributed by atoms with Crippen LogP contribution in [0.4, 0.5) is 0 Å². The summed E-state index contributed by atoms with van der Waals surface area (Å²) in [5.41, 5.74) is 4.31. The normalized spacial score (nSPS) is 10.2. The smallest absolute Gasteiger partial charge is 0.337 e. The molecule has 1 aromatic rings. The summed E-state index contributed by atoms with van der Waals surface area (Å²) >= 11 is 0. The first-order chi connectivity index (χ1) is 8.90. The number of primary amides is 1. The van der Waals surface area contributed by atoms with E-state index in [2.05, 4.69) is 0 Å². The molecule has 0 aromatic heterocycles. The molecule has 6 heteroatoms. The Morgan fingerprint density at radius 2 is 1.68 bits per heavy atom. The van der Waals surface area contributed by atoms with E-state index in [9.17, 15) is 19.5 Å². The van der Waals surface area contributed by atoms with E-state index >= 15 is 0 Å². The topological polar surface area (TPSA) is 118 Å². The minimum absolute atomic E-state index is 0.287. The molecule has 0 spiro atoms. The number of carbonyl (C=O) groups is 3. The summed E-state index contributed by atoms with van der Waals surface area (Å²) in [7, 11) is 0. The highest BCUT2D eigenvalue weighted by molar-refractivity contribution is 6.11. The van der Waals surface area contributed by atoms with Gasteiger partial charge in [0.15, 0.2) is 0 Å². The molecule has 0 atom stereocenters. The van der Waals surface area contributed by atoms with Gasteiger partial charge in [0, 0.05) is 0 Å². The van der Waals surface area contributed by atoms with E-state index in [-0.39, 0.29) is 11.1 Å². The molecule has 0 saturated heterocycles. The van der Waals surface area contributed by atoms with E-state index in [4.69, 9.17) is 10.8 Å². The fourth-order valence-electron chi connectivity index (χ4n) is 1.89. The van der Waals surface area contributed by atoms with Crippen LogP contribution in [0.1, 0.15) is 56.4 Å². The number of hydrogen-bond acceptors (Lipinski definition) is 3. The summed E-state index contributed by atoms with van der Waals surface area (Å²) in [6.07, 6.45) is 2.02. The summed E-state index contributed by atoms with van der Waals surface area (Å²) in [4.78, 5) is 33.7. The van der Waals surface area contributed by atoms with E-state index in [1.807, 2.05) is 6.92 Å². The number of carboxylic acids is 2. The molecule has 1 rings (SSSR count). The largest absolute Gasteiger partial charge is 0.478 e. The molecule has 0 radical (unpaired) electrons. The number of amides is 1. The Morgan fingerprint density at radius 3 is 2.11 bits per heavy atom. The predicted octanol–water partition coefficient (Wildman–Crippen LogP) is 1.52. The molecule has 4 N–H and O–H groups in total. The third-order valence-electron chi connectivity index (χ3n) is 2.78. The molecule has 0 fully saturated rings. The van der Waals surface area contributed by atoms with Crippen LogP contribution in [-0.2, 0) is 6.42 Å². The van der Waals surface area contributed by atoms with Crippen molar-refractivity contribution in [3.8, 4) is 0 Å². The SMILES string of the molecule is CCCCc1ccc(C(N)=O)c(C(=O)O)c1C(=O)O. The second-order valence-electron chi connectivity index (χ2n) is 4.10. The Hall–Kier alpha value is -2.37. The first-order valence-corrected chi connectivity index (χ1v) is 5.82. The maximum Gasteiger partial charge on any atom is 0.337 e. The van der Waals surface area contributed by atoms with Crippen molar-refractivity contribution in [1.29, 1.82) is 0 Å². The molecule has 102 valence electrons. The van der Waals surface area contributed by atoms with E-state index in [0.717, 1.165) is 12.8 Å². The van der Waals surface area contributed by atoms with Gasteiger partial charge in [-0.15, -0.1) is 0 Å². The van der Waals surface area contributed by atoms with Gasteiger partial charge in [-0.1, -0.05) is 19.4 Å². The van der Waals surface area contributed by atoms with E-state index in [0.29, 0.717) is 12.0 Å². The van der Waals surface area contributed by atoms with Crippen LogP contribution in [-0.4, -0.2) is 28.1 Å². The van der Waals surface area contributed by atoms with Crippen molar-refractivity contribution in [2.75, 3.05) is 0 Å². The van der Waals surface area contributed by atoms with Crippen LogP contribution in [0.25, 0.3) is 0 Å². The van der Waals surface area contributed by atoms with Gasteiger partial charge < -0.3 is 15.9 Å². The number of hydrogen-bond donors (Lipinski definition) is 3. The Labute approximate surface area is 109 Å². The first-order valence-electron chi connectivity index (χ1n) is 5.82. The molecule has 0 unspecified atom stereocenters. The Bertz CT molecular complexity index is 536. The van der Waals surface area contributed by atoms with Crippen LogP contribution in [0.3, 0.4) is 0 Å². The zero-order chi connectivity index (χ0) is 14.6. The van der Waals surface area contributed by atoms with Crippen molar-refractivity contribution in [2.24, 2.45) is 5.73 Å². The molecule has 6 nitrogen and oxygen atoms in total. The zero-order valence-electron chi connectivity index (χ0n) is 10.5. The standard InChI is InChI=1S/C13H15NO5/c1-2-3-4-7-5-6-8(11(14)15)10(13(18)19)9(7)12(16)17/h5-6H,2-4H2,1H3,(H2,14,15)(H,16,17)(H,18,19). The predicted molar refractivity (Wildman–Crippen MR) is 67.5 cm³/mol. The Balaban J connectivity index is 3.54. The van der Waals surface area contributed by atoms with Gasteiger partial charge in [0.25, 0.3) is 0 Å². The molecule has 0 aliphatic carbocycles. The lowest BCUT2D eigenvalue weighted by atomic mass is 9.93. The maximum absolute atomic E-state index is 11.3. The second-order valence-corrected chi connectivity index (χ2v) is 4.10. The highest BCUT2D eigenvalue weighted by atomic mass is 16.4. The number of benzene rings is 1. The van der Waals surface area contributed by atoms with Crippen LogP contribution in [0, 0.1) is 0 Å². The summed E-state index contributed by atoms with van der Waals surface area (Å²) in [6, 6.07) is 2.72. The quantitative estimate of drug-likeness (QED) is 0.720. The number of aryl methyl sites for hydroxylation is 1.